The smallest absolute Gasteiger partial charge is 0.238 e. The molecule has 0 N–H and O–H groups in total. The Labute approximate surface area is 121 Å². The fraction of sp³-hybridized carbons (Fsp3) is 0.500. The molecule has 1 amide bonds. The lowest BCUT2D eigenvalue weighted by Crippen LogP contribution is -2.41. The third kappa shape index (κ3) is 3.09. The molecule has 1 aromatic rings. The average Bonchev–Trinajstić information content (AvgIpc) is 2.76. The molecule has 1 unspecified atom stereocenters. The van der Waals surface area contributed by atoms with E-state index in [1.165, 1.54) is 0 Å². The standard InChI is InChI=1S/C14H18BrNOS/c1-14(7-4-8-18-14)13(17)16(2)10-11-5-3-6-12(15)9-11/h3,5-6,9H,4,7-8,10H2,1-2H3. The van der Waals surface area contributed by atoms with E-state index in [2.05, 4.69) is 35.0 Å². The Morgan fingerprint density at radius 3 is 2.94 bits per heavy atom. The Kier molecular flexibility index (Phi) is 4.38. The van der Waals surface area contributed by atoms with Crippen molar-refractivity contribution in [1.82, 2.24) is 4.90 Å². The number of rotatable bonds is 3. The molecular weight excluding hydrogens is 310 g/mol. The maximum Gasteiger partial charge on any atom is 0.238 e. The van der Waals surface area contributed by atoms with Crippen molar-refractivity contribution in [3.05, 3.63) is 34.3 Å². The summed E-state index contributed by atoms with van der Waals surface area (Å²) in [4.78, 5) is 14.3. The number of carbonyl (C=O) groups excluding carboxylic acids is 1. The zero-order valence-electron chi connectivity index (χ0n) is 10.8. The Bertz CT molecular complexity index is 443. The van der Waals surface area contributed by atoms with Crippen molar-refractivity contribution in [2.45, 2.75) is 31.1 Å². The van der Waals surface area contributed by atoms with E-state index < -0.39 is 0 Å². The first-order valence-corrected chi connectivity index (χ1v) is 7.93. The monoisotopic (exact) mass is 327 g/mol. The molecule has 1 fully saturated rings. The molecular formula is C14H18BrNOS. The van der Waals surface area contributed by atoms with Crippen molar-refractivity contribution in [2.24, 2.45) is 0 Å². The number of halogens is 1. The second kappa shape index (κ2) is 5.66. The molecule has 0 radical (unpaired) electrons. The van der Waals surface area contributed by atoms with Crippen molar-refractivity contribution < 1.29 is 4.79 Å². The van der Waals surface area contributed by atoms with Gasteiger partial charge in [-0.2, -0.15) is 0 Å². The van der Waals surface area contributed by atoms with E-state index in [1.807, 2.05) is 24.1 Å². The second-order valence-corrected chi connectivity index (χ2v) is 7.49. The van der Waals surface area contributed by atoms with E-state index in [9.17, 15) is 4.79 Å². The maximum atomic E-state index is 12.4. The SMILES string of the molecule is CN(Cc1cccc(Br)c1)C(=O)C1(C)CCCS1. The molecule has 0 saturated carbocycles. The van der Waals surface area contributed by atoms with Crippen molar-refractivity contribution in [3.63, 3.8) is 0 Å². The molecule has 1 saturated heterocycles. The highest BCUT2D eigenvalue weighted by molar-refractivity contribution is 9.10. The van der Waals surface area contributed by atoms with Crippen molar-refractivity contribution in [3.8, 4) is 0 Å². The molecule has 2 nitrogen and oxygen atoms in total. The molecule has 1 atom stereocenters. The number of nitrogens with zero attached hydrogens (tertiary/aromatic N) is 1. The van der Waals surface area contributed by atoms with E-state index >= 15 is 0 Å². The Morgan fingerprint density at radius 1 is 1.56 bits per heavy atom. The van der Waals surface area contributed by atoms with E-state index in [0.717, 1.165) is 28.6 Å². The van der Waals surface area contributed by atoms with Crippen LogP contribution in [0, 0.1) is 0 Å². The summed E-state index contributed by atoms with van der Waals surface area (Å²) in [7, 11) is 1.90. The van der Waals surface area contributed by atoms with Crippen molar-refractivity contribution in [2.75, 3.05) is 12.8 Å². The van der Waals surface area contributed by atoms with Crippen LogP contribution in [-0.2, 0) is 11.3 Å². The van der Waals surface area contributed by atoms with E-state index in [4.69, 9.17) is 0 Å². The molecule has 0 bridgehead atoms. The minimum atomic E-state index is -0.208. The largest absolute Gasteiger partial charge is 0.340 e. The van der Waals surface area contributed by atoms with Gasteiger partial charge in [-0.25, -0.2) is 0 Å². The lowest BCUT2D eigenvalue weighted by Gasteiger charge is -2.28. The van der Waals surface area contributed by atoms with Gasteiger partial charge in [0.2, 0.25) is 5.91 Å². The topological polar surface area (TPSA) is 20.3 Å². The lowest BCUT2D eigenvalue weighted by molar-refractivity contribution is -0.132. The van der Waals surface area contributed by atoms with E-state index in [-0.39, 0.29) is 10.7 Å². The Morgan fingerprint density at radius 2 is 2.33 bits per heavy atom. The van der Waals surface area contributed by atoms with Gasteiger partial charge in [0.15, 0.2) is 0 Å². The maximum absolute atomic E-state index is 12.4. The number of benzene rings is 1. The van der Waals surface area contributed by atoms with Crippen LogP contribution in [-0.4, -0.2) is 28.4 Å². The van der Waals surface area contributed by atoms with Crippen LogP contribution in [0.4, 0.5) is 0 Å². The molecule has 0 spiro atoms. The van der Waals surface area contributed by atoms with Gasteiger partial charge < -0.3 is 4.90 Å². The van der Waals surface area contributed by atoms with Crippen LogP contribution >= 0.6 is 27.7 Å². The number of amides is 1. The zero-order chi connectivity index (χ0) is 13.2. The van der Waals surface area contributed by atoms with Gasteiger partial charge >= 0.3 is 0 Å². The first kappa shape index (κ1) is 13.9. The summed E-state index contributed by atoms with van der Waals surface area (Å²) in [6.45, 7) is 2.75. The normalized spacial score (nSPS) is 23.1. The van der Waals surface area contributed by atoms with E-state index in [1.54, 1.807) is 11.8 Å². The van der Waals surface area contributed by atoms with Gasteiger partial charge in [-0.15, -0.1) is 11.8 Å². The summed E-state index contributed by atoms with van der Waals surface area (Å²) >= 11 is 5.25. The molecule has 0 aliphatic carbocycles. The highest BCUT2D eigenvalue weighted by Gasteiger charge is 2.38. The number of carbonyl (C=O) groups is 1. The summed E-state index contributed by atoms with van der Waals surface area (Å²) < 4.78 is 0.850. The quantitative estimate of drug-likeness (QED) is 0.843. The first-order chi connectivity index (χ1) is 8.51. The second-order valence-electron chi connectivity index (χ2n) is 4.97. The van der Waals surface area contributed by atoms with Crippen LogP contribution in [0.2, 0.25) is 0 Å². The highest BCUT2D eigenvalue weighted by Crippen LogP contribution is 2.39. The lowest BCUT2D eigenvalue weighted by atomic mass is 10.0. The Balaban J connectivity index is 2.03. The molecule has 4 heteroatoms. The molecule has 2 rings (SSSR count). The molecule has 1 aliphatic heterocycles. The minimum absolute atomic E-state index is 0.208. The molecule has 0 aromatic heterocycles. The third-order valence-electron chi connectivity index (χ3n) is 3.33. The summed E-state index contributed by atoms with van der Waals surface area (Å²) in [5.74, 6) is 1.36. The molecule has 18 heavy (non-hydrogen) atoms. The molecule has 1 aliphatic rings. The predicted molar refractivity (Wildman–Crippen MR) is 80.7 cm³/mol. The van der Waals surface area contributed by atoms with Gasteiger partial charge in [-0.05, 0) is 43.2 Å². The molecule has 1 heterocycles. The Hall–Kier alpha value is -0.480. The number of thioether (sulfide) groups is 1. The number of hydrogen-bond acceptors (Lipinski definition) is 2. The first-order valence-electron chi connectivity index (χ1n) is 6.15. The number of hydrogen-bond donors (Lipinski definition) is 0. The van der Waals surface area contributed by atoms with Gasteiger partial charge in [-0.1, -0.05) is 28.1 Å². The van der Waals surface area contributed by atoms with Gasteiger partial charge in [0.25, 0.3) is 0 Å². The third-order valence-corrected chi connectivity index (χ3v) is 5.33. The van der Waals surface area contributed by atoms with Gasteiger partial charge in [0.1, 0.15) is 0 Å². The van der Waals surface area contributed by atoms with Crippen LogP contribution in [0.1, 0.15) is 25.3 Å². The van der Waals surface area contributed by atoms with Crippen LogP contribution in [0.3, 0.4) is 0 Å². The fourth-order valence-electron chi connectivity index (χ4n) is 2.33. The zero-order valence-corrected chi connectivity index (χ0v) is 13.2. The van der Waals surface area contributed by atoms with Crippen LogP contribution in [0.5, 0.6) is 0 Å². The van der Waals surface area contributed by atoms with Crippen molar-refractivity contribution in [1.29, 1.82) is 0 Å². The van der Waals surface area contributed by atoms with Gasteiger partial charge in [-0.3, -0.25) is 4.79 Å². The van der Waals surface area contributed by atoms with Gasteiger partial charge in [0.05, 0.1) is 4.75 Å². The summed E-state index contributed by atoms with van der Waals surface area (Å²) in [6.07, 6.45) is 2.15. The van der Waals surface area contributed by atoms with E-state index in [0.29, 0.717) is 6.54 Å². The summed E-state index contributed by atoms with van der Waals surface area (Å²) in [6, 6.07) is 8.12. The van der Waals surface area contributed by atoms with Crippen LogP contribution in [0.15, 0.2) is 28.7 Å². The van der Waals surface area contributed by atoms with Crippen LogP contribution < -0.4 is 0 Å². The molecule has 98 valence electrons. The molecule has 1 aromatic carbocycles. The summed E-state index contributed by atoms with van der Waals surface area (Å²) in [5.41, 5.74) is 1.16. The highest BCUT2D eigenvalue weighted by atomic mass is 79.9. The predicted octanol–water partition coefficient (Wildman–Crippen LogP) is 3.69. The van der Waals surface area contributed by atoms with Crippen molar-refractivity contribution >= 4 is 33.6 Å². The summed E-state index contributed by atoms with van der Waals surface area (Å²) in [5, 5.41) is 0. The minimum Gasteiger partial charge on any atom is -0.340 e. The van der Waals surface area contributed by atoms with Gasteiger partial charge in [0, 0.05) is 18.1 Å². The van der Waals surface area contributed by atoms with Crippen LogP contribution in [0.25, 0.3) is 0 Å². The average molecular weight is 328 g/mol. The fourth-order valence-corrected chi connectivity index (χ4v) is 4.09.